The van der Waals surface area contributed by atoms with Gasteiger partial charge >= 0.3 is 0 Å². The van der Waals surface area contributed by atoms with Crippen LogP contribution in [0.5, 0.6) is 0 Å². The van der Waals surface area contributed by atoms with Crippen molar-refractivity contribution in [2.24, 2.45) is 11.7 Å². The fourth-order valence-corrected chi connectivity index (χ4v) is 3.52. The van der Waals surface area contributed by atoms with Crippen LogP contribution in [0.15, 0.2) is 0 Å². The van der Waals surface area contributed by atoms with Gasteiger partial charge < -0.3 is 15.2 Å². The van der Waals surface area contributed by atoms with Crippen LogP contribution in [0.3, 0.4) is 0 Å². The number of nitrogens with two attached hydrogens (primary N) is 1. The Balaban J connectivity index is 2.41. The largest absolute Gasteiger partial charge is 0.374 e. The van der Waals surface area contributed by atoms with E-state index in [1.54, 1.807) is 0 Å². The number of ether oxygens (including phenoxy) is 2. The Kier molecular flexibility index (Phi) is 9.84. The summed E-state index contributed by atoms with van der Waals surface area (Å²) in [4.78, 5) is 0. The molecule has 0 aliphatic carbocycles. The van der Waals surface area contributed by atoms with Crippen molar-refractivity contribution in [3.05, 3.63) is 0 Å². The summed E-state index contributed by atoms with van der Waals surface area (Å²) in [7, 11) is 0. The Hall–Kier alpha value is -0.120. The zero-order chi connectivity index (χ0) is 18.1. The van der Waals surface area contributed by atoms with Crippen molar-refractivity contribution in [1.29, 1.82) is 0 Å². The summed E-state index contributed by atoms with van der Waals surface area (Å²) in [5.74, 6) is 0.782. The third kappa shape index (κ3) is 9.39. The second-order valence-corrected chi connectivity index (χ2v) is 8.79. The van der Waals surface area contributed by atoms with Gasteiger partial charge in [0.15, 0.2) is 0 Å². The molecule has 1 saturated heterocycles. The van der Waals surface area contributed by atoms with Crippen molar-refractivity contribution >= 4 is 0 Å². The maximum absolute atomic E-state index is 6.32. The lowest BCUT2D eigenvalue weighted by Crippen LogP contribution is -2.49. The van der Waals surface area contributed by atoms with Crippen LogP contribution in [0.4, 0.5) is 0 Å². The maximum Gasteiger partial charge on any atom is 0.101 e. The van der Waals surface area contributed by atoms with Crippen LogP contribution in [-0.2, 0) is 9.47 Å². The highest BCUT2D eigenvalue weighted by molar-refractivity contribution is 4.95. The monoisotopic (exact) mass is 341 g/mol. The van der Waals surface area contributed by atoms with E-state index in [-0.39, 0.29) is 17.2 Å². The summed E-state index contributed by atoms with van der Waals surface area (Å²) < 4.78 is 11.6. The number of epoxide rings is 1. The average molecular weight is 342 g/mol. The van der Waals surface area contributed by atoms with Gasteiger partial charge in [0.1, 0.15) is 6.10 Å². The summed E-state index contributed by atoms with van der Waals surface area (Å²) in [5.41, 5.74) is 5.87. The van der Waals surface area contributed by atoms with Crippen molar-refractivity contribution in [3.8, 4) is 0 Å². The zero-order valence-corrected chi connectivity index (χ0v) is 17.0. The van der Waals surface area contributed by atoms with Crippen molar-refractivity contribution in [3.63, 3.8) is 0 Å². The van der Waals surface area contributed by atoms with Crippen LogP contribution in [0, 0.1) is 5.92 Å². The van der Waals surface area contributed by atoms with E-state index in [1.807, 2.05) is 6.92 Å². The lowest BCUT2D eigenvalue weighted by molar-refractivity contribution is -0.0582. The fourth-order valence-electron chi connectivity index (χ4n) is 3.52. The number of hydrogen-bond donors (Lipinski definition) is 1. The predicted octanol–water partition coefficient (Wildman–Crippen LogP) is 5.45. The maximum atomic E-state index is 6.32. The van der Waals surface area contributed by atoms with Crippen LogP contribution in [0.1, 0.15) is 98.8 Å². The van der Waals surface area contributed by atoms with Gasteiger partial charge in [0, 0.05) is 0 Å². The van der Waals surface area contributed by atoms with Crippen molar-refractivity contribution in [1.82, 2.24) is 0 Å². The van der Waals surface area contributed by atoms with Gasteiger partial charge in [-0.05, 0) is 33.1 Å². The van der Waals surface area contributed by atoms with Gasteiger partial charge in [-0.15, -0.1) is 0 Å². The summed E-state index contributed by atoms with van der Waals surface area (Å²) in [5, 5.41) is 0. The highest BCUT2D eigenvalue weighted by atomic mass is 16.6. The Morgan fingerprint density at radius 2 is 1.54 bits per heavy atom. The summed E-state index contributed by atoms with van der Waals surface area (Å²) >= 11 is 0. The van der Waals surface area contributed by atoms with E-state index in [9.17, 15) is 0 Å². The van der Waals surface area contributed by atoms with Gasteiger partial charge in [0.05, 0.1) is 24.4 Å². The third-order valence-corrected chi connectivity index (χ3v) is 5.30. The first-order valence-electron chi connectivity index (χ1n) is 10.3. The van der Waals surface area contributed by atoms with Gasteiger partial charge in [0.2, 0.25) is 0 Å². The molecule has 3 unspecified atom stereocenters. The van der Waals surface area contributed by atoms with E-state index in [0.717, 1.165) is 18.9 Å². The molecule has 1 fully saturated rings. The van der Waals surface area contributed by atoms with E-state index in [4.69, 9.17) is 15.2 Å². The second-order valence-electron chi connectivity index (χ2n) is 8.79. The molecule has 0 aromatic rings. The van der Waals surface area contributed by atoms with Gasteiger partial charge in [0.25, 0.3) is 0 Å². The molecule has 0 aromatic heterocycles. The van der Waals surface area contributed by atoms with Crippen molar-refractivity contribution in [2.75, 3.05) is 13.2 Å². The Morgan fingerprint density at radius 3 is 2.08 bits per heavy atom. The fraction of sp³-hybridized carbons (Fsp3) is 1.00. The van der Waals surface area contributed by atoms with Crippen LogP contribution in [0.25, 0.3) is 0 Å². The molecule has 0 aromatic carbocycles. The van der Waals surface area contributed by atoms with Gasteiger partial charge in [-0.1, -0.05) is 71.6 Å². The molecule has 2 N–H and O–H groups in total. The standard InChI is InChI=1S/C21H43NO2/c1-6-8-10-12-14-18(13-11-9-7-2)15-20(3,4)24-17-21(5,22)19-16-23-19/h18-19H,6-17,22H2,1-5H3. The molecule has 0 spiro atoms. The average Bonchev–Trinajstić information content (AvgIpc) is 3.35. The number of unbranched alkanes of at least 4 members (excludes halogenated alkanes) is 5. The lowest BCUT2D eigenvalue weighted by atomic mass is 9.85. The lowest BCUT2D eigenvalue weighted by Gasteiger charge is -2.34. The summed E-state index contributed by atoms with van der Waals surface area (Å²) in [6.45, 7) is 12.4. The van der Waals surface area contributed by atoms with Crippen LogP contribution < -0.4 is 5.73 Å². The molecule has 0 amide bonds. The summed E-state index contributed by atoms with van der Waals surface area (Å²) in [6, 6.07) is 0. The first-order chi connectivity index (χ1) is 11.3. The molecule has 0 radical (unpaired) electrons. The Morgan fingerprint density at radius 1 is 1.00 bits per heavy atom. The molecule has 24 heavy (non-hydrogen) atoms. The first kappa shape index (κ1) is 21.9. The Labute approximate surface area is 151 Å². The Bertz CT molecular complexity index is 324. The minimum Gasteiger partial charge on any atom is -0.374 e. The van der Waals surface area contributed by atoms with Gasteiger partial charge in [-0.2, -0.15) is 0 Å². The van der Waals surface area contributed by atoms with Crippen molar-refractivity contribution < 1.29 is 9.47 Å². The minimum absolute atomic E-state index is 0.100. The summed E-state index contributed by atoms with van der Waals surface area (Å²) in [6.07, 6.45) is 13.5. The molecule has 0 bridgehead atoms. The topological polar surface area (TPSA) is 47.8 Å². The van der Waals surface area contributed by atoms with E-state index >= 15 is 0 Å². The van der Waals surface area contributed by atoms with Crippen LogP contribution >= 0.6 is 0 Å². The minimum atomic E-state index is -0.351. The van der Waals surface area contributed by atoms with E-state index in [0.29, 0.717) is 6.61 Å². The molecular formula is C21H43NO2. The molecule has 3 heteroatoms. The zero-order valence-electron chi connectivity index (χ0n) is 17.0. The molecule has 1 heterocycles. The molecule has 144 valence electrons. The molecule has 0 saturated carbocycles. The number of rotatable bonds is 15. The van der Waals surface area contributed by atoms with E-state index in [2.05, 4.69) is 27.7 Å². The van der Waals surface area contributed by atoms with Crippen LogP contribution in [0.2, 0.25) is 0 Å². The van der Waals surface area contributed by atoms with Gasteiger partial charge in [-0.25, -0.2) is 0 Å². The predicted molar refractivity (Wildman–Crippen MR) is 103 cm³/mol. The highest BCUT2D eigenvalue weighted by Crippen LogP contribution is 2.31. The molecule has 1 aliphatic heterocycles. The molecule has 3 atom stereocenters. The number of hydrogen-bond acceptors (Lipinski definition) is 3. The van der Waals surface area contributed by atoms with Crippen molar-refractivity contribution in [2.45, 2.75) is 116 Å². The van der Waals surface area contributed by atoms with E-state index < -0.39 is 0 Å². The molecule has 1 aliphatic rings. The molecule has 1 rings (SSSR count). The second kappa shape index (κ2) is 10.8. The quantitative estimate of drug-likeness (QED) is 0.318. The van der Waals surface area contributed by atoms with E-state index in [1.165, 1.54) is 57.8 Å². The smallest absolute Gasteiger partial charge is 0.101 e. The van der Waals surface area contributed by atoms with Crippen LogP contribution in [-0.4, -0.2) is 30.5 Å². The molecule has 3 nitrogen and oxygen atoms in total. The molecular weight excluding hydrogens is 298 g/mol. The first-order valence-corrected chi connectivity index (χ1v) is 10.3. The SMILES string of the molecule is CCCCCCC(CCCCC)CC(C)(C)OCC(C)(N)C1CO1. The van der Waals surface area contributed by atoms with Gasteiger partial charge in [-0.3, -0.25) is 0 Å². The highest BCUT2D eigenvalue weighted by Gasteiger charge is 2.41. The normalized spacial score (nSPS) is 21.5. The third-order valence-electron chi connectivity index (χ3n) is 5.30.